The van der Waals surface area contributed by atoms with E-state index >= 15 is 0 Å². The highest BCUT2D eigenvalue weighted by atomic mass is 35.5. The van der Waals surface area contributed by atoms with Crippen molar-refractivity contribution in [1.82, 2.24) is 9.78 Å². The monoisotopic (exact) mass is 358 g/mol. The Morgan fingerprint density at radius 1 is 0.731 bits per heavy atom. The molecular weight excluding hydrogens is 340 g/mol. The molecule has 3 heteroatoms. The second-order valence-electron chi connectivity index (χ2n) is 6.32. The van der Waals surface area contributed by atoms with Crippen molar-refractivity contribution in [2.45, 2.75) is 12.5 Å². The number of hydrogen-bond acceptors (Lipinski definition) is 1. The predicted octanol–water partition coefficient (Wildman–Crippen LogP) is 5.69. The van der Waals surface area contributed by atoms with Gasteiger partial charge in [0, 0.05) is 16.8 Å². The molecule has 0 atom stereocenters. The molecule has 128 valence electrons. The molecule has 0 saturated heterocycles. The van der Waals surface area contributed by atoms with Crippen LogP contribution in [-0.2, 0) is 5.54 Å². The van der Waals surface area contributed by atoms with Gasteiger partial charge in [-0.3, -0.25) is 4.68 Å². The highest BCUT2D eigenvalue weighted by molar-refractivity contribution is 6.31. The summed E-state index contributed by atoms with van der Waals surface area (Å²) in [5.74, 6) is 0. The topological polar surface area (TPSA) is 17.8 Å². The smallest absolute Gasteiger partial charge is 0.139 e. The van der Waals surface area contributed by atoms with Crippen LogP contribution in [0.4, 0.5) is 0 Å². The van der Waals surface area contributed by atoms with Gasteiger partial charge < -0.3 is 0 Å². The van der Waals surface area contributed by atoms with Crippen molar-refractivity contribution in [1.29, 1.82) is 0 Å². The first-order chi connectivity index (χ1) is 12.7. The summed E-state index contributed by atoms with van der Waals surface area (Å²) in [7, 11) is 0. The Hall–Kier alpha value is -2.84. The van der Waals surface area contributed by atoms with E-state index in [1.807, 2.05) is 54.2 Å². The summed E-state index contributed by atoms with van der Waals surface area (Å²) < 4.78 is 2.02. The van der Waals surface area contributed by atoms with Crippen molar-refractivity contribution in [3.8, 4) is 0 Å². The lowest BCUT2D eigenvalue weighted by Crippen LogP contribution is -2.38. The third-order valence-electron chi connectivity index (χ3n) is 4.71. The maximum atomic E-state index is 6.72. The molecular formula is C23H19ClN2. The maximum Gasteiger partial charge on any atom is 0.139 e. The first-order valence-corrected chi connectivity index (χ1v) is 8.99. The van der Waals surface area contributed by atoms with Gasteiger partial charge in [-0.2, -0.15) is 5.10 Å². The second kappa shape index (κ2) is 6.81. The van der Waals surface area contributed by atoms with Crippen molar-refractivity contribution in [2.75, 3.05) is 0 Å². The Labute approximate surface area is 158 Å². The molecule has 2 nitrogen and oxygen atoms in total. The average Bonchev–Trinajstić information content (AvgIpc) is 3.12. The zero-order valence-electron chi connectivity index (χ0n) is 14.5. The van der Waals surface area contributed by atoms with Gasteiger partial charge in [-0.25, -0.2) is 0 Å². The van der Waals surface area contributed by atoms with E-state index in [1.54, 1.807) is 0 Å². The minimum atomic E-state index is -0.644. The van der Waals surface area contributed by atoms with Crippen molar-refractivity contribution in [3.05, 3.63) is 125 Å². The number of nitrogens with zero attached hydrogens (tertiary/aromatic N) is 2. The SMILES string of the molecule is Cc1ccn(C(c2ccccc2)(c2ccccc2)c2ccccc2Cl)n1. The number of benzene rings is 3. The minimum Gasteiger partial charge on any atom is -0.253 e. The van der Waals surface area contributed by atoms with Gasteiger partial charge in [0.2, 0.25) is 0 Å². The van der Waals surface area contributed by atoms with E-state index in [1.165, 1.54) is 0 Å². The van der Waals surface area contributed by atoms with Gasteiger partial charge in [0.15, 0.2) is 0 Å². The van der Waals surface area contributed by atoms with Gasteiger partial charge in [0.1, 0.15) is 5.54 Å². The van der Waals surface area contributed by atoms with Crippen LogP contribution in [0, 0.1) is 6.92 Å². The molecule has 4 aromatic rings. The van der Waals surface area contributed by atoms with Crippen molar-refractivity contribution in [3.63, 3.8) is 0 Å². The fraction of sp³-hybridized carbons (Fsp3) is 0.0870. The summed E-state index contributed by atoms with van der Waals surface area (Å²) in [5, 5.41) is 5.53. The fourth-order valence-electron chi connectivity index (χ4n) is 3.58. The first-order valence-electron chi connectivity index (χ1n) is 8.62. The third kappa shape index (κ3) is 2.63. The molecule has 0 spiro atoms. The number of hydrogen-bond donors (Lipinski definition) is 0. The molecule has 0 aliphatic carbocycles. The molecule has 1 aromatic heterocycles. The maximum absolute atomic E-state index is 6.72. The zero-order valence-corrected chi connectivity index (χ0v) is 15.3. The molecule has 0 aliphatic heterocycles. The number of aryl methyl sites for hydroxylation is 1. The summed E-state index contributed by atoms with van der Waals surface area (Å²) in [4.78, 5) is 0. The summed E-state index contributed by atoms with van der Waals surface area (Å²) in [6.07, 6.45) is 2.03. The van der Waals surface area contributed by atoms with Crippen LogP contribution in [0.25, 0.3) is 0 Å². The van der Waals surface area contributed by atoms with Gasteiger partial charge in [-0.1, -0.05) is 90.5 Å². The van der Waals surface area contributed by atoms with Crippen LogP contribution in [0.1, 0.15) is 22.4 Å². The van der Waals surface area contributed by atoms with Crippen LogP contribution in [0.5, 0.6) is 0 Å². The van der Waals surface area contributed by atoms with Crippen LogP contribution in [0.2, 0.25) is 5.02 Å². The summed E-state index contributed by atoms with van der Waals surface area (Å²) in [6, 6.07) is 30.8. The van der Waals surface area contributed by atoms with Gasteiger partial charge in [0.25, 0.3) is 0 Å². The number of halogens is 1. The molecule has 0 saturated carbocycles. The van der Waals surface area contributed by atoms with Crippen LogP contribution < -0.4 is 0 Å². The zero-order chi connectivity index (χ0) is 18.0. The van der Waals surface area contributed by atoms with Crippen LogP contribution in [0.3, 0.4) is 0 Å². The molecule has 0 amide bonds. The molecule has 0 fully saturated rings. The lowest BCUT2D eigenvalue weighted by molar-refractivity contribution is 0.458. The molecule has 0 radical (unpaired) electrons. The highest BCUT2D eigenvalue weighted by Gasteiger charge is 2.40. The number of aromatic nitrogens is 2. The summed E-state index contributed by atoms with van der Waals surface area (Å²) in [5.41, 5.74) is 3.55. The molecule has 0 aliphatic rings. The standard InChI is InChI=1S/C23H19ClN2/c1-18-16-17-26(25-18)23(19-10-4-2-5-11-19,20-12-6-3-7-13-20)21-14-8-9-15-22(21)24/h2-17H,1H3. The Bertz CT molecular complexity index is 967. The lowest BCUT2D eigenvalue weighted by Gasteiger charge is -2.37. The first kappa shape index (κ1) is 16.6. The second-order valence-corrected chi connectivity index (χ2v) is 6.73. The molecule has 0 unspecified atom stereocenters. The van der Waals surface area contributed by atoms with Crippen LogP contribution in [-0.4, -0.2) is 9.78 Å². The largest absolute Gasteiger partial charge is 0.253 e. The van der Waals surface area contributed by atoms with Gasteiger partial charge >= 0.3 is 0 Å². The number of rotatable bonds is 4. The quantitative estimate of drug-likeness (QED) is 0.429. The Balaban J connectivity index is 2.16. The third-order valence-corrected chi connectivity index (χ3v) is 5.04. The average molecular weight is 359 g/mol. The fourth-order valence-corrected chi connectivity index (χ4v) is 3.85. The summed E-state index contributed by atoms with van der Waals surface area (Å²) in [6.45, 7) is 2.00. The normalized spacial score (nSPS) is 11.5. The molecule has 0 N–H and O–H groups in total. The molecule has 26 heavy (non-hydrogen) atoms. The highest BCUT2D eigenvalue weighted by Crippen LogP contribution is 2.43. The molecule has 3 aromatic carbocycles. The minimum absolute atomic E-state index is 0.644. The van der Waals surface area contributed by atoms with Crippen molar-refractivity contribution >= 4 is 11.6 Å². The Morgan fingerprint density at radius 3 is 1.77 bits per heavy atom. The van der Waals surface area contributed by atoms with E-state index in [0.717, 1.165) is 22.4 Å². The Kier molecular flexibility index (Phi) is 4.36. The van der Waals surface area contributed by atoms with E-state index in [0.29, 0.717) is 5.02 Å². The summed E-state index contributed by atoms with van der Waals surface area (Å²) >= 11 is 6.72. The van der Waals surface area contributed by atoms with Gasteiger partial charge in [-0.15, -0.1) is 0 Å². The van der Waals surface area contributed by atoms with E-state index < -0.39 is 5.54 Å². The van der Waals surface area contributed by atoms with E-state index in [-0.39, 0.29) is 0 Å². The van der Waals surface area contributed by atoms with Gasteiger partial charge in [-0.05, 0) is 30.2 Å². The van der Waals surface area contributed by atoms with Crippen molar-refractivity contribution < 1.29 is 0 Å². The predicted molar refractivity (Wildman–Crippen MR) is 107 cm³/mol. The van der Waals surface area contributed by atoms with Crippen LogP contribution >= 0.6 is 11.6 Å². The van der Waals surface area contributed by atoms with E-state index in [4.69, 9.17) is 16.7 Å². The van der Waals surface area contributed by atoms with E-state index in [9.17, 15) is 0 Å². The van der Waals surface area contributed by atoms with E-state index in [2.05, 4.69) is 54.6 Å². The lowest BCUT2D eigenvalue weighted by atomic mass is 9.77. The van der Waals surface area contributed by atoms with Crippen LogP contribution in [0.15, 0.2) is 97.2 Å². The Morgan fingerprint density at radius 2 is 1.27 bits per heavy atom. The molecule has 4 rings (SSSR count). The molecule has 1 heterocycles. The molecule has 0 bridgehead atoms. The van der Waals surface area contributed by atoms with Crippen molar-refractivity contribution in [2.24, 2.45) is 0 Å². The van der Waals surface area contributed by atoms with Gasteiger partial charge in [0.05, 0.1) is 5.69 Å².